The van der Waals surface area contributed by atoms with E-state index in [1.807, 2.05) is 6.92 Å². The van der Waals surface area contributed by atoms with Crippen LogP contribution in [0.15, 0.2) is 12.1 Å². The number of pyridine rings is 1. The monoisotopic (exact) mass is 254 g/mol. The summed E-state index contributed by atoms with van der Waals surface area (Å²) >= 11 is 0. The average molecular weight is 254 g/mol. The highest BCUT2D eigenvalue weighted by Crippen LogP contribution is 2.23. The van der Waals surface area contributed by atoms with Crippen LogP contribution in [0.2, 0.25) is 0 Å². The van der Waals surface area contributed by atoms with E-state index in [-0.39, 0.29) is 29.8 Å². The van der Waals surface area contributed by atoms with Gasteiger partial charge in [0.05, 0.1) is 4.92 Å². The number of anilines is 2. The molecule has 0 aliphatic rings. The van der Waals surface area contributed by atoms with Gasteiger partial charge < -0.3 is 16.2 Å². The van der Waals surface area contributed by atoms with E-state index in [4.69, 9.17) is 10.8 Å². The van der Waals surface area contributed by atoms with Crippen molar-refractivity contribution in [3.8, 4) is 0 Å². The number of rotatable bonds is 7. The lowest BCUT2D eigenvalue weighted by atomic mass is 10.0. The Labute approximate surface area is 105 Å². The topological polar surface area (TPSA) is 114 Å². The van der Waals surface area contributed by atoms with Crippen LogP contribution < -0.4 is 11.1 Å². The van der Waals surface area contributed by atoms with Crippen LogP contribution in [0.1, 0.15) is 19.8 Å². The first-order chi connectivity index (χ1) is 8.58. The lowest BCUT2D eigenvalue weighted by Gasteiger charge is -2.14. The van der Waals surface area contributed by atoms with Gasteiger partial charge in [0, 0.05) is 19.2 Å². The minimum atomic E-state index is -0.498. The summed E-state index contributed by atoms with van der Waals surface area (Å²) in [6.45, 7) is 2.63. The zero-order chi connectivity index (χ0) is 13.5. The zero-order valence-electron chi connectivity index (χ0n) is 10.3. The highest BCUT2D eigenvalue weighted by atomic mass is 16.6. The van der Waals surface area contributed by atoms with Crippen LogP contribution in [0.3, 0.4) is 0 Å². The minimum Gasteiger partial charge on any atom is -0.396 e. The van der Waals surface area contributed by atoms with Gasteiger partial charge in [-0.05, 0) is 18.4 Å². The van der Waals surface area contributed by atoms with Crippen LogP contribution in [-0.4, -0.2) is 28.2 Å². The number of nitro groups is 1. The maximum Gasteiger partial charge on any atom is 0.311 e. The SMILES string of the molecule is CCC(CCO)CNc1nc(N)ccc1[N+](=O)[O-]. The highest BCUT2D eigenvalue weighted by molar-refractivity contribution is 5.59. The van der Waals surface area contributed by atoms with Gasteiger partial charge in [-0.25, -0.2) is 4.98 Å². The number of nitrogen functional groups attached to an aromatic ring is 1. The Hall–Kier alpha value is -1.89. The predicted octanol–water partition coefficient (Wildman–Crippen LogP) is 1.39. The molecule has 1 heterocycles. The van der Waals surface area contributed by atoms with E-state index >= 15 is 0 Å². The smallest absolute Gasteiger partial charge is 0.311 e. The zero-order valence-corrected chi connectivity index (χ0v) is 10.3. The van der Waals surface area contributed by atoms with Crippen molar-refractivity contribution in [2.75, 3.05) is 24.2 Å². The lowest BCUT2D eigenvalue weighted by molar-refractivity contribution is -0.384. The van der Waals surface area contributed by atoms with Crippen molar-refractivity contribution in [1.29, 1.82) is 0 Å². The molecule has 1 rings (SSSR count). The van der Waals surface area contributed by atoms with Crippen molar-refractivity contribution in [2.45, 2.75) is 19.8 Å². The molecule has 1 unspecified atom stereocenters. The van der Waals surface area contributed by atoms with E-state index in [1.165, 1.54) is 12.1 Å². The minimum absolute atomic E-state index is 0.0944. The fraction of sp³-hybridized carbons (Fsp3) is 0.545. The first kappa shape index (κ1) is 14.2. The van der Waals surface area contributed by atoms with Crippen LogP contribution in [0.4, 0.5) is 17.3 Å². The number of nitrogens with one attached hydrogen (secondary N) is 1. The Bertz CT molecular complexity index is 411. The summed E-state index contributed by atoms with van der Waals surface area (Å²) in [5.74, 6) is 0.660. The summed E-state index contributed by atoms with van der Waals surface area (Å²) in [5, 5.41) is 22.6. The fourth-order valence-electron chi connectivity index (χ4n) is 1.62. The number of nitrogens with two attached hydrogens (primary N) is 1. The molecule has 7 heteroatoms. The molecule has 0 spiro atoms. The third-order valence-corrected chi connectivity index (χ3v) is 2.77. The predicted molar refractivity (Wildman–Crippen MR) is 69.3 cm³/mol. The number of hydrogen-bond acceptors (Lipinski definition) is 6. The third kappa shape index (κ3) is 3.85. The molecule has 7 nitrogen and oxygen atoms in total. The molecule has 1 aromatic heterocycles. The van der Waals surface area contributed by atoms with Crippen LogP contribution in [0, 0.1) is 16.0 Å². The van der Waals surface area contributed by atoms with E-state index in [9.17, 15) is 10.1 Å². The summed E-state index contributed by atoms with van der Waals surface area (Å²) in [7, 11) is 0. The maximum atomic E-state index is 10.8. The molecule has 0 aliphatic heterocycles. The molecule has 0 bridgehead atoms. The van der Waals surface area contributed by atoms with Crippen LogP contribution >= 0.6 is 0 Å². The van der Waals surface area contributed by atoms with Gasteiger partial charge in [0.2, 0.25) is 5.82 Å². The van der Waals surface area contributed by atoms with Crippen molar-refractivity contribution in [1.82, 2.24) is 4.98 Å². The average Bonchev–Trinajstić information content (AvgIpc) is 2.34. The molecule has 100 valence electrons. The Kier molecular flexibility index (Phi) is 5.31. The molecule has 18 heavy (non-hydrogen) atoms. The molecule has 0 radical (unpaired) electrons. The first-order valence-electron chi connectivity index (χ1n) is 5.84. The van der Waals surface area contributed by atoms with Gasteiger partial charge in [-0.2, -0.15) is 0 Å². The van der Waals surface area contributed by atoms with Crippen LogP contribution in [0.5, 0.6) is 0 Å². The van der Waals surface area contributed by atoms with Gasteiger partial charge in [-0.15, -0.1) is 0 Å². The maximum absolute atomic E-state index is 10.8. The summed E-state index contributed by atoms with van der Waals surface area (Å²) in [6, 6.07) is 2.73. The molecule has 1 aromatic rings. The van der Waals surface area contributed by atoms with Crippen molar-refractivity contribution in [3.05, 3.63) is 22.2 Å². The molecule has 0 amide bonds. The third-order valence-electron chi connectivity index (χ3n) is 2.77. The standard InChI is InChI=1S/C11H18N4O3/c1-2-8(5-6-16)7-13-11-9(15(17)18)3-4-10(12)14-11/h3-4,8,16H,2,5-7H2,1H3,(H3,12,13,14). The number of nitrogens with zero attached hydrogens (tertiary/aromatic N) is 2. The quantitative estimate of drug-likeness (QED) is 0.500. The second-order valence-electron chi connectivity index (χ2n) is 4.03. The second kappa shape index (κ2) is 6.75. The molecule has 4 N–H and O–H groups in total. The van der Waals surface area contributed by atoms with Crippen LogP contribution in [0.25, 0.3) is 0 Å². The van der Waals surface area contributed by atoms with Gasteiger partial charge in [0.15, 0.2) is 0 Å². The molecular weight excluding hydrogens is 236 g/mol. The number of aliphatic hydroxyl groups is 1. The lowest BCUT2D eigenvalue weighted by Crippen LogP contribution is -2.16. The normalized spacial score (nSPS) is 12.1. The first-order valence-corrected chi connectivity index (χ1v) is 5.84. The molecule has 0 saturated heterocycles. The molecule has 0 fully saturated rings. The van der Waals surface area contributed by atoms with Gasteiger partial charge in [0.1, 0.15) is 5.82 Å². The Balaban J connectivity index is 2.76. The van der Waals surface area contributed by atoms with Crippen molar-refractivity contribution in [2.24, 2.45) is 5.92 Å². The van der Waals surface area contributed by atoms with Crippen molar-refractivity contribution >= 4 is 17.3 Å². The summed E-state index contributed by atoms with van der Waals surface area (Å²) in [6.07, 6.45) is 1.53. The Morgan fingerprint density at radius 2 is 2.33 bits per heavy atom. The van der Waals surface area contributed by atoms with Gasteiger partial charge >= 0.3 is 5.69 Å². The van der Waals surface area contributed by atoms with Gasteiger partial charge in [-0.1, -0.05) is 13.3 Å². The molecule has 0 saturated carbocycles. The molecule has 1 atom stereocenters. The molecular formula is C11H18N4O3. The molecule has 0 aromatic carbocycles. The highest BCUT2D eigenvalue weighted by Gasteiger charge is 2.16. The summed E-state index contributed by atoms with van der Waals surface area (Å²) in [5.41, 5.74) is 5.42. The van der Waals surface area contributed by atoms with E-state index in [2.05, 4.69) is 10.3 Å². The van der Waals surface area contributed by atoms with Crippen LogP contribution in [-0.2, 0) is 0 Å². The van der Waals surface area contributed by atoms with E-state index in [0.29, 0.717) is 13.0 Å². The largest absolute Gasteiger partial charge is 0.396 e. The van der Waals surface area contributed by atoms with Gasteiger partial charge in [0.25, 0.3) is 0 Å². The molecule has 0 aliphatic carbocycles. The second-order valence-corrected chi connectivity index (χ2v) is 4.03. The van der Waals surface area contributed by atoms with E-state index < -0.39 is 4.92 Å². The summed E-state index contributed by atoms with van der Waals surface area (Å²) in [4.78, 5) is 14.2. The van der Waals surface area contributed by atoms with Gasteiger partial charge in [-0.3, -0.25) is 10.1 Å². The number of aliphatic hydroxyl groups excluding tert-OH is 1. The number of aromatic nitrogens is 1. The van der Waals surface area contributed by atoms with E-state index in [0.717, 1.165) is 6.42 Å². The van der Waals surface area contributed by atoms with E-state index in [1.54, 1.807) is 0 Å². The van der Waals surface area contributed by atoms with Crippen molar-refractivity contribution < 1.29 is 10.0 Å². The fourth-order valence-corrected chi connectivity index (χ4v) is 1.62. The summed E-state index contributed by atoms with van der Waals surface area (Å²) < 4.78 is 0. The Morgan fingerprint density at radius 1 is 1.61 bits per heavy atom. The Morgan fingerprint density at radius 3 is 2.89 bits per heavy atom. The van der Waals surface area contributed by atoms with Crippen molar-refractivity contribution in [3.63, 3.8) is 0 Å². The number of hydrogen-bond donors (Lipinski definition) is 3.